The minimum absolute atomic E-state index is 0.0412. The summed E-state index contributed by atoms with van der Waals surface area (Å²) in [6.07, 6.45) is 1.26. The molecule has 0 aliphatic heterocycles. The van der Waals surface area contributed by atoms with Crippen molar-refractivity contribution in [2.75, 3.05) is 25.7 Å². The maximum atomic E-state index is 10.3. The van der Waals surface area contributed by atoms with Gasteiger partial charge in [0.25, 0.3) is 5.69 Å². The molecule has 0 saturated heterocycles. The molecule has 2 N–H and O–H groups in total. The highest BCUT2D eigenvalue weighted by Crippen LogP contribution is 2.17. The molecule has 1 aromatic rings. The van der Waals surface area contributed by atoms with E-state index >= 15 is 0 Å². The van der Waals surface area contributed by atoms with E-state index in [4.69, 9.17) is 26.6 Å². The number of aliphatic hydroxyl groups excluding tert-OH is 2. The van der Waals surface area contributed by atoms with Crippen LogP contribution in [0.15, 0.2) is 24.3 Å². The van der Waals surface area contributed by atoms with E-state index in [1.54, 1.807) is 0 Å². The molecular weight excluding hydrogens is 274 g/mol. The second-order valence-electron chi connectivity index (χ2n) is 3.44. The molecule has 0 fully saturated rings. The molecule has 19 heavy (non-hydrogen) atoms. The van der Waals surface area contributed by atoms with Gasteiger partial charge in [0, 0.05) is 37.6 Å². The summed E-state index contributed by atoms with van der Waals surface area (Å²) in [4.78, 5) is 9.84. The molecule has 0 unspecified atom stereocenters. The van der Waals surface area contributed by atoms with Gasteiger partial charge in [-0.2, -0.15) is 0 Å². The summed E-state index contributed by atoms with van der Waals surface area (Å²) in [6.45, 7) is 0.699. The van der Waals surface area contributed by atoms with Gasteiger partial charge >= 0.3 is 0 Å². The van der Waals surface area contributed by atoms with Crippen molar-refractivity contribution in [3.8, 4) is 5.75 Å². The van der Waals surface area contributed by atoms with Gasteiger partial charge in [0.05, 0.1) is 11.5 Å². The highest BCUT2D eigenvalue weighted by molar-refractivity contribution is 6.17. The number of rotatable bonds is 7. The van der Waals surface area contributed by atoms with Crippen molar-refractivity contribution in [2.45, 2.75) is 12.8 Å². The van der Waals surface area contributed by atoms with Gasteiger partial charge in [-0.05, 0) is 18.6 Å². The average Bonchev–Trinajstić information content (AvgIpc) is 2.41. The molecule has 0 aliphatic carbocycles. The number of aliphatic hydroxyl groups is 2. The Morgan fingerprint density at radius 1 is 1.16 bits per heavy atom. The van der Waals surface area contributed by atoms with E-state index in [-0.39, 0.29) is 18.9 Å². The Balaban J connectivity index is 0.000000555. The summed E-state index contributed by atoms with van der Waals surface area (Å²) < 4.78 is 5.20. The van der Waals surface area contributed by atoms with E-state index in [0.717, 1.165) is 0 Å². The van der Waals surface area contributed by atoms with Gasteiger partial charge in [-0.15, -0.1) is 11.6 Å². The summed E-state index contributed by atoms with van der Waals surface area (Å²) in [5.74, 6) is 1.14. The van der Waals surface area contributed by atoms with Crippen LogP contribution in [0.2, 0.25) is 0 Å². The molecule has 7 heteroatoms. The van der Waals surface area contributed by atoms with Crippen LogP contribution in [0.25, 0.3) is 0 Å². The van der Waals surface area contributed by atoms with E-state index in [0.29, 0.717) is 31.1 Å². The fraction of sp³-hybridized carbons (Fsp3) is 0.500. The molecule has 6 nitrogen and oxygen atoms in total. The topological polar surface area (TPSA) is 92.8 Å². The first-order valence-electron chi connectivity index (χ1n) is 5.80. The maximum Gasteiger partial charge on any atom is 0.269 e. The van der Waals surface area contributed by atoms with Crippen molar-refractivity contribution in [3.05, 3.63) is 34.4 Å². The van der Waals surface area contributed by atoms with Gasteiger partial charge < -0.3 is 14.9 Å². The first kappa shape index (κ1) is 17.6. The normalized spacial score (nSPS) is 9.42. The standard InChI is InChI=1S/C9H11NO4.C3H7ClO/c11-6-1-7-14-9-4-2-8(3-5-9)10(12)13;4-2-1-3-5/h2-5,11H,1,6-7H2;5H,1-3H2. The summed E-state index contributed by atoms with van der Waals surface area (Å²) in [5, 5.41) is 26.8. The molecule has 108 valence electrons. The Labute approximate surface area is 116 Å². The van der Waals surface area contributed by atoms with Crippen molar-refractivity contribution >= 4 is 17.3 Å². The molecule has 0 spiro atoms. The lowest BCUT2D eigenvalue weighted by molar-refractivity contribution is -0.384. The van der Waals surface area contributed by atoms with Crippen molar-refractivity contribution in [1.82, 2.24) is 0 Å². The molecule has 0 aromatic heterocycles. The van der Waals surface area contributed by atoms with E-state index < -0.39 is 4.92 Å². The van der Waals surface area contributed by atoms with Crippen LogP contribution in [0.1, 0.15) is 12.8 Å². The van der Waals surface area contributed by atoms with Gasteiger partial charge in [0.1, 0.15) is 5.75 Å². The number of hydrogen-bond donors (Lipinski definition) is 2. The smallest absolute Gasteiger partial charge is 0.269 e. The molecule has 0 heterocycles. The Morgan fingerprint density at radius 3 is 2.11 bits per heavy atom. The summed E-state index contributed by atoms with van der Waals surface area (Å²) in [6, 6.07) is 5.84. The second kappa shape index (κ2) is 11.7. The van der Waals surface area contributed by atoms with Crippen LogP contribution < -0.4 is 4.74 Å². The SMILES string of the molecule is O=[N+]([O-])c1ccc(OCCCO)cc1.OCCCCl. The second-order valence-corrected chi connectivity index (χ2v) is 3.82. The third kappa shape index (κ3) is 9.24. The monoisotopic (exact) mass is 291 g/mol. The number of benzene rings is 1. The lowest BCUT2D eigenvalue weighted by Gasteiger charge is -2.03. The van der Waals surface area contributed by atoms with Crippen molar-refractivity contribution in [1.29, 1.82) is 0 Å². The highest BCUT2D eigenvalue weighted by Gasteiger charge is 2.03. The number of non-ortho nitro benzene ring substituents is 1. The number of nitro groups is 1. The fourth-order valence-corrected chi connectivity index (χ4v) is 1.10. The zero-order valence-corrected chi connectivity index (χ0v) is 11.3. The van der Waals surface area contributed by atoms with Gasteiger partial charge in [-0.3, -0.25) is 10.1 Å². The number of hydrogen-bond acceptors (Lipinski definition) is 5. The number of nitro benzene ring substituents is 1. The molecule has 0 radical (unpaired) electrons. The predicted octanol–water partition coefficient (Wildman–Crippen LogP) is 1.96. The predicted molar refractivity (Wildman–Crippen MR) is 72.7 cm³/mol. The van der Waals surface area contributed by atoms with Crippen molar-refractivity contribution < 1.29 is 19.9 Å². The molecule has 1 aromatic carbocycles. The first-order valence-corrected chi connectivity index (χ1v) is 6.34. The van der Waals surface area contributed by atoms with Crippen LogP contribution in [0.5, 0.6) is 5.75 Å². The Bertz CT molecular complexity index is 342. The van der Waals surface area contributed by atoms with Crippen LogP contribution in [0, 0.1) is 10.1 Å². The fourth-order valence-electron chi connectivity index (χ4n) is 0.978. The van der Waals surface area contributed by atoms with E-state index in [9.17, 15) is 10.1 Å². The molecule has 1 rings (SSSR count). The number of nitrogens with zero attached hydrogens (tertiary/aromatic N) is 1. The number of ether oxygens (including phenoxy) is 1. The molecule has 0 amide bonds. The van der Waals surface area contributed by atoms with E-state index in [1.165, 1.54) is 24.3 Å². The average molecular weight is 292 g/mol. The number of alkyl halides is 1. The van der Waals surface area contributed by atoms with Gasteiger partial charge in [-0.25, -0.2) is 0 Å². The third-order valence-corrected chi connectivity index (χ3v) is 2.18. The minimum Gasteiger partial charge on any atom is -0.494 e. The van der Waals surface area contributed by atoms with Crippen LogP contribution in [-0.2, 0) is 0 Å². The Morgan fingerprint density at radius 2 is 1.74 bits per heavy atom. The summed E-state index contributed by atoms with van der Waals surface area (Å²) in [5.41, 5.74) is 0.0412. The van der Waals surface area contributed by atoms with Gasteiger partial charge in [0.15, 0.2) is 0 Å². The Hall–Kier alpha value is -1.37. The third-order valence-electron chi connectivity index (χ3n) is 1.91. The molecule has 0 aliphatic rings. The zero-order valence-electron chi connectivity index (χ0n) is 10.5. The van der Waals surface area contributed by atoms with Crippen LogP contribution in [-0.4, -0.2) is 40.8 Å². The Kier molecular flexibility index (Phi) is 10.9. The van der Waals surface area contributed by atoms with E-state index in [1.807, 2.05) is 0 Å². The highest BCUT2D eigenvalue weighted by atomic mass is 35.5. The first-order chi connectivity index (χ1) is 9.15. The lowest BCUT2D eigenvalue weighted by Crippen LogP contribution is -1.99. The van der Waals surface area contributed by atoms with Crippen molar-refractivity contribution in [3.63, 3.8) is 0 Å². The summed E-state index contributed by atoms with van der Waals surface area (Å²) in [7, 11) is 0. The maximum absolute atomic E-state index is 10.3. The lowest BCUT2D eigenvalue weighted by atomic mass is 10.3. The molecule has 0 saturated carbocycles. The van der Waals surface area contributed by atoms with Gasteiger partial charge in [0.2, 0.25) is 0 Å². The van der Waals surface area contributed by atoms with Crippen LogP contribution in [0.4, 0.5) is 5.69 Å². The minimum atomic E-state index is -0.461. The van der Waals surface area contributed by atoms with Gasteiger partial charge in [-0.1, -0.05) is 0 Å². The van der Waals surface area contributed by atoms with Crippen LogP contribution in [0.3, 0.4) is 0 Å². The largest absolute Gasteiger partial charge is 0.494 e. The zero-order chi connectivity index (χ0) is 14.5. The summed E-state index contributed by atoms with van der Waals surface area (Å²) >= 11 is 5.14. The molecular formula is C12H18ClNO5. The molecule has 0 bridgehead atoms. The quantitative estimate of drug-likeness (QED) is 0.347. The van der Waals surface area contributed by atoms with Crippen molar-refractivity contribution in [2.24, 2.45) is 0 Å². The van der Waals surface area contributed by atoms with E-state index in [2.05, 4.69) is 0 Å². The van der Waals surface area contributed by atoms with Crippen LogP contribution >= 0.6 is 11.6 Å². The number of halogens is 1. The molecule has 0 atom stereocenters.